The van der Waals surface area contributed by atoms with Gasteiger partial charge >= 0.3 is 5.97 Å². The van der Waals surface area contributed by atoms with E-state index in [1.807, 2.05) is 6.92 Å². The van der Waals surface area contributed by atoms with Crippen molar-refractivity contribution in [2.45, 2.75) is 13.5 Å². The van der Waals surface area contributed by atoms with Crippen LogP contribution in [-0.2, 0) is 6.54 Å². The molecule has 0 saturated carbocycles. The van der Waals surface area contributed by atoms with Crippen LogP contribution in [0.1, 0.15) is 17.4 Å². The summed E-state index contributed by atoms with van der Waals surface area (Å²) in [6.45, 7) is 6.05. The van der Waals surface area contributed by atoms with E-state index in [1.54, 1.807) is 24.3 Å². The average Bonchev–Trinajstić information content (AvgIpc) is 2.73. The van der Waals surface area contributed by atoms with Gasteiger partial charge in [0.1, 0.15) is 5.69 Å². The van der Waals surface area contributed by atoms with E-state index in [-0.39, 0.29) is 5.69 Å². The Morgan fingerprint density at radius 3 is 2.58 bits per heavy atom. The highest BCUT2D eigenvalue weighted by molar-refractivity contribution is 6.30. The van der Waals surface area contributed by atoms with E-state index in [0.717, 1.165) is 5.57 Å². The molecule has 0 fully saturated rings. The van der Waals surface area contributed by atoms with Gasteiger partial charge in [-0.2, -0.15) is 0 Å². The fraction of sp³-hybridized carbons (Fsp3) is 0.154. The molecular weight excluding hydrogens is 266 g/mol. The standard InChI is InChI=1S/C13H12ClN3O2/c1-8(2)7-17-12(11(13(18)19)15-16-17)9-3-5-10(14)6-4-9/h3-6H,1,7H2,2H3,(H,18,19). The van der Waals surface area contributed by atoms with E-state index < -0.39 is 5.97 Å². The molecule has 1 N–H and O–H groups in total. The van der Waals surface area contributed by atoms with Gasteiger partial charge in [0.25, 0.3) is 0 Å². The highest BCUT2D eigenvalue weighted by atomic mass is 35.5. The number of carboxylic acids is 1. The Hall–Kier alpha value is -2.14. The Labute approximate surface area is 115 Å². The minimum Gasteiger partial charge on any atom is -0.476 e. The second-order valence-corrected chi connectivity index (χ2v) is 4.65. The zero-order chi connectivity index (χ0) is 14.0. The zero-order valence-electron chi connectivity index (χ0n) is 10.3. The van der Waals surface area contributed by atoms with E-state index in [2.05, 4.69) is 16.9 Å². The summed E-state index contributed by atoms with van der Waals surface area (Å²) in [5.41, 5.74) is 1.93. The summed E-state index contributed by atoms with van der Waals surface area (Å²) >= 11 is 5.83. The molecule has 0 spiro atoms. The van der Waals surface area contributed by atoms with E-state index in [0.29, 0.717) is 22.8 Å². The normalized spacial score (nSPS) is 10.4. The first-order valence-electron chi connectivity index (χ1n) is 5.56. The monoisotopic (exact) mass is 277 g/mol. The van der Waals surface area contributed by atoms with Gasteiger partial charge in [0.05, 0.1) is 6.54 Å². The van der Waals surface area contributed by atoms with Crippen LogP contribution in [0, 0.1) is 0 Å². The molecule has 0 aliphatic heterocycles. The Bertz CT molecular complexity index is 632. The molecule has 0 saturated heterocycles. The van der Waals surface area contributed by atoms with Gasteiger partial charge in [-0.05, 0) is 19.1 Å². The van der Waals surface area contributed by atoms with Gasteiger partial charge in [-0.25, -0.2) is 9.48 Å². The molecule has 0 aliphatic carbocycles. The zero-order valence-corrected chi connectivity index (χ0v) is 11.1. The van der Waals surface area contributed by atoms with E-state index in [1.165, 1.54) is 4.68 Å². The fourth-order valence-corrected chi connectivity index (χ4v) is 1.84. The topological polar surface area (TPSA) is 68.0 Å². The quantitative estimate of drug-likeness (QED) is 0.873. The number of aromatic nitrogens is 3. The molecular formula is C13H12ClN3O2. The van der Waals surface area contributed by atoms with Gasteiger partial charge in [-0.3, -0.25) is 0 Å². The van der Waals surface area contributed by atoms with Crippen molar-refractivity contribution in [3.05, 3.63) is 47.1 Å². The molecule has 98 valence electrons. The molecule has 0 unspecified atom stereocenters. The summed E-state index contributed by atoms with van der Waals surface area (Å²) < 4.78 is 1.52. The summed E-state index contributed by atoms with van der Waals surface area (Å²) in [5, 5.41) is 17.3. The Morgan fingerprint density at radius 1 is 1.42 bits per heavy atom. The molecule has 5 nitrogen and oxygen atoms in total. The first-order chi connectivity index (χ1) is 8.99. The largest absolute Gasteiger partial charge is 0.476 e. The Morgan fingerprint density at radius 2 is 2.05 bits per heavy atom. The maximum atomic E-state index is 11.2. The number of nitrogens with zero attached hydrogens (tertiary/aromatic N) is 3. The van der Waals surface area contributed by atoms with Crippen LogP contribution in [0.25, 0.3) is 11.3 Å². The second-order valence-electron chi connectivity index (χ2n) is 4.21. The van der Waals surface area contributed by atoms with Crippen molar-refractivity contribution < 1.29 is 9.90 Å². The number of aromatic carboxylic acids is 1. The fourth-order valence-electron chi connectivity index (χ4n) is 1.72. The maximum Gasteiger partial charge on any atom is 0.358 e. The van der Waals surface area contributed by atoms with Crippen molar-refractivity contribution in [2.75, 3.05) is 0 Å². The second kappa shape index (κ2) is 5.24. The lowest BCUT2D eigenvalue weighted by Crippen LogP contribution is -2.05. The van der Waals surface area contributed by atoms with Gasteiger partial charge in [-0.15, -0.1) is 5.10 Å². The highest BCUT2D eigenvalue weighted by Gasteiger charge is 2.20. The Balaban J connectivity index is 2.57. The van der Waals surface area contributed by atoms with Gasteiger partial charge in [0.2, 0.25) is 0 Å². The molecule has 1 aromatic carbocycles. The molecule has 2 aromatic rings. The third kappa shape index (κ3) is 2.82. The number of carboxylic acid groups (broad SMARTS) is 1. The summed E-state index contributed by atoms with van der Waals surface area (Å²) in [6, 6.07) is 6.87. The van der Waals surface area contributed by atoms with E-state index in [9.17, 15) is 4.79 Å². The van der Waals surface area contributed by atoms with Gasteiger partial charge in [-0.1, -0.05) is 41.1 Å². The van der Waals surface area contributed by atoms with E-state index >= 15 is 0 Å². The molecule has 6 heteroatoms. The summed E-state index contributed by atoms with van der Waals surface area (Å²) in [6.07, 6.45) is 0. The Kier molecular flexibility index (Phi) is 3.66. The summed E-state index contributed by atoms with van der Waals surface area (Å²) in [5.74, 6) is -1.11. The SMILES string of the molecule is C=C(C)Cn1nnc(C(=O)O)c1-c1ccc(Cl)cc1. The van der Waals surface area contributed by atoms with Crippen LogP contribution in [0.2, 0.25) is 5.02 Å². The lowest BCUT2D eigenvalue weighted by atomic mass is 10.1. The van der Waals surface area contributed by atoms with Crippen LogP contribution in [0.5, 0.6) is 0 Å². The van der Waals surface area contributed by atoms with Gasteiger partial charge in [0, 0.05) is 10.6 Å². The van der Waals surface area contributed by atoms with Crippen LogP contribution in [0.3, 0.4) is 0 Å². The van der Waals surface area contributed by atoms with Gasteiger partial charge < -0.3 is 5.11 Å². The lowest BCUT2D eigenvalue weighted by molar-refractivity contribution is 0.0691. The molecule has 0 radical (unpaired) electrons. The minimum absolute atomic E-state index is 0.0800. The maximum absolute atomic E-state index is 11.2. The number of benzene rings is 1. The molecule has 0 atom stereocenters. The van der Waals surface area contributed by atoms with Crippen molar-refractivity contribution in [1.29, 1.82) is 0 Å². The number of hydrogen-bond acceptors (Lipinski definition) is 3. The highest BCUT2D eigenvalue weighted by Crippen LogP contribution is 2.24. The molecule has 19 heavy (non-hydrogen) atoms. The van der Waals surface area contributed by atoms with Gasteiger partial charge in [0.15, 0.2) is 5.69 Å². The first kappa shape index (κ1) is 13.3. The third-order valence-electron chi connectivity index (χ3n) is 2.48. The smallest absolute Gasteiger partial charge is 0.358 e. The molecule has 0 amide bonds. The van der Waals surface area contributed by atoms with Crippen LogP contribution in [-0.4, -0.2) is 26.1 Å². The van der Waals surface area contributed by atoms with Crippen molar-refractivity contribution in [1.82, 2.24) is 15.0 Å². The third-order valence-corrected chi connectivity index (χ3v) is 2.73. The first-order valence-corrected chi connectivity index (χ1v) is 5.94. The molecule has 1 aromatic heterocycles. The number of allylic oxidation sites excluding steroid dienone is 1. The average molecular weight is 278 g/mol. The van der Waals surface area contributed by atoms with Crippen molar-refractivity contribution >= 4 is 17.6 Å². The summed E-state index contributed by atoms with van der Waals surface area (Å²) in [4.78, 5) is 11.2. The summed E-state index contributed by atoms with van der Waals surface area (Å²) in [7, 11) is 0. The molecule has 2 rings (SSSR count). The van der Waals surface area contributed by atoms with Crippen LogP contribution in [0.4, 0.5) is 0 Å². The van der Waals surface area contributed by atoms with Crippen molar-refractivity contribution in [3.8, 4) is 11.3 Å². The molecule has 1 heterocycles. The minimum atomic E-state index is -1.11. The number of rotatable bonds is 4. The predicted octanol–water partition coefficient (Wildman–Crippen LogP) is 2.87. The van der Waals surface area contributed by atoms with Crippen LogP contribution in [0.15, 0.2) is 36.4 Å². The number of carbonyl (C=O) groups is 1. The van der Waals surface area contributed by atoms with Crippen molar-refractivity contribution in [3.63, 3.8) is 0 Å². The number of hydrogen-bond donors (Lipinski definition) is 1. The van der Waals surface area contributed by atoms with E-state index in [4.69, 9.17) is 16.7 Å². The predicted molar refractivity (Wildman–Crippen MR) is 72.2 cm³/mol. The number of halogens is 1. The molecule has 0 bridgehead atoms. The van der Waals surface area contributed by atoms with Crippen molar-refractivity contribution in [2.24, 2.45) is 0 Å². The van der Waals surface area contributed by atoms with Crippen LogP contribution < -0.4 is 0 Å². The lowest BCUT2D eigenvalue weighted by Gasteiger charge is -2.07. The molecule has 0 aliphatic rings. The van der Waals surface area contributed by atoms with Crippen LogP contribution >= 0.6 is 11.6 Å².